The van der Waals surface area contributed by atoms with Crippen molar-refractivity contribution in [3.8, 4) is 0 Å². The Hall–Kier alpha value is -1.33. The van der Waals surface area contributed by atoms with Crippen LogP contribution in [0.3, 0.4) is 0 Å². The number of para-hydroxylation sites is 1. The SMILES string of the molecule is CS(=O)(=O)C1CCCC(C(N)c2cc3ccccc3o2)C1. The first-order valence-electron chi connectivity index (χ1n) is 7.38. The van der Waals surface area contributed by atoms with Crippen molar-refractivity contribution in [1.29, 1.82) is 0 Å². The Balaban J connectivity index is 1.82. The van der Waals surface area contributed by atoms with E-state index in [-0.39, 0.29) is 17.2 Å². The van der Waals surface area contributed by atoms with Crippen molar-refractivity contribution in [3.63, 3.8) is 0 Å². The highest BCUT2D eigenvalue weighted by atomic mass is 32.2. The molecule has 0 bridgehead atoms. The average Bonchev–Trinajstić information content (AvgIpc) is 2.89. The van der Waals surface area contributed by atoms with E-state index in [2.05, 4.69) is 0 Å². The Morgan fingerprint density at radius 1 is 1.29 bits per heavy atom. The molecule has 5 heteroatoms. The molecule has 1 aromatic carbocycles. The number of nitrogens with two attached hydrogens (primary N) is 1. The second-order valence-corrected chi connectivity index (χ2v) is 8.42. The second-order valence-electron chi connectivity index (χ2n) is 6.09. The predicted octanol–water partition coefficient (Wildman–Crippen LogP) is 3.04. The van der Waals surface area contributed by atoms with Gasteiger partial charge in [0.1, 0.15) is 21.2 Å². The lowest BCUT2D eigenvalue weighted by atomic mass is 9.83. The van der Waals surface area contributed by atoms with E-state index in [1.165, 1.54) is 6.26 Å². The minimum atomic E-state index is -2.99. The molecule has 21 heavy (non-hydrogen) atoms. The van der Waals surface area contributed by atoms with Crippen LogP contribution in [0.4, 0.5) is 0 Å². The van der Waals surface area contributed by atoms with Crippen LogP contribution in [0.2, 0.25) is 0 Å². The normalized spacial score (nSPS) is 25.0. The highest BCUT2D eigenvalue weighted by Crippen LogP contribution is 2.37. The minimum Gasteiger partial charge on any atom is -0.459 e. The van der Waals surface area contributed by atoms with Crippen LogP contribution >= 0.6 is 0 Å². The van der Waals surface area contributed by atoms with Crippen molar-refractivity contribution >= 4 is 20.8 Å². The largest absolute Gasteiger partial charge is 0.459 e. The summed E-state index contributed by atoms with van der Waals surface area (Å²) in [6.07, 6.45) is 4.59. The van der Waals surface area contributed by atoms with Gasteiger partial charge in [0.05, 0.1) is 11.3 Å². The maximum atomic E-state index is 11.8. The van der Waals surface area contributed by atoms with Crippen LogP contribution in [0.5, 0.6) is 0 Å². The lowest BCUT2D eigenvalue weighted by molar-refractivity contribution is 0.285. The molecule has 1 fully saturated rings. The third kappa shape index (κ3) is 2.99. The zero-order valence-corrected chi connectivity index (χ0v) is 13.0. The van der Waals surface area contributed by atoms with Crippen LogP contribution in [-0.4, -0.2) is 19.9 Å². The molecule has 0 amide bonds. The van der Waals surface area contributed by atoms with Crippen LogP contribution < -0.4 is 5.73 Å². The first-order valence-corrected chi connectivity index (χ1v) is 9.33. The molecule has 2 aromatic rings. The molecule has 1 aliphatic carbocycles. The summed E-state index contributed by atoms with van der Waals surface area (Å²) in [6, 6.07) is 9.56. The summed E-state index contributed by atoms with van der Waals surface area (Å²) in [5, 5.41) is 0.783. The van der Waals surface area contributed by atoms with E-state index in [9.17, 15) is 8.42 Å². The Morgan fingerprint density at radius 2 is 2.05 bits per heavy atom. The molecule has 1 saturated carbocycles. The maximum absolute atomic E-state index is 11.8. The summed E-state index contributed by atoms with van der Waals surface area (Å²) in [5.74, 6) is 0.925. The van der Waals surface area contributed by atoms with Gasteiger partial charge in [0.2, 0.25) is 0 Å². The van der Waals surface area contributed by atoms with Gasteiger partial charge in [0.15, 0.2) is 0 Å². The van der Waals surface area contributed by atoms with E-state index < -0.39 is 9.84 Å². The molecule has 0 spiro atoms. The highest BCUT2D eigenvalue weighted by molar-refractivity contribution is 7.91. The Labute approximate surface area is 125 Å². The Morgan fingerprint density at radius 3 is 2.76 bits per heavy atom. The number of hydrogen-bond donors (Lipinski definition) is 1. The molecule has 2 N–H and O–H groups in total. The summed E-state index contributed by atoms with van der Waals surface area (Å²) >= 11 is 0. The van der Waals surface area contributed by atoms with Crippen molar-refractivity contribution in [2.45, 2.75) is 37.0 Å². The fraction of sp³-hybridized carbons (Fsp3) is 0.500. The summed E-state index contributed by atoms with van der Waals surface area (Å²) in [6.45, 7) is 0. The van der Waals surface area contributed by atoms with Crippen LogP contribution in [0, 0.1) is 5.92 Å². The van der Waals surface area contributed by atoms with Gasteiger partial charge in [-0.2, -0.15) is 0 Å². The summed E-state index contributed by atoms with van der Waals surface area (Å²) in [5.41, 5.74) is 7.18. The highest BCUT2D eigenvalue weighted by Gasteiger charge is 2.33. The third-order valence-corrected chi connectivity index (χ3v) is 6.19. The molecule has 0 radical (unpaired) electrons. The molecule has 3 rings (SSSR count). The van der Waals surface area contributed by atoms with Crippen LogP contribution in [0.25, 0.3) is 11.0 Å². The van der Waals surface area contributed by atoms with Crippen molar-refractivity contribution in [3.05, 3.63) is 36.1 Å². The first-order chi connectivity index (χ1) is 9.95. The molecule has 3 unspecified atom stereocenters. The van der Waals surface area contributed by atoms with E-state index in [0.29, 0.717) is 6.42 Å². The minimum absolute atomic E-state index is 0.166. The Kier molecular flexibility index (Phi) is 3.80. The van der Waals surface area contributed by atoms with Gasteiger partial charge in [0.25, 0.3) is 0 Å². The molecule has 0 aliphatic heterocycles. The molecule has 4 nitrogen and oxygen atoms in total. The summed E-state index contributed by atoms with van der Waals surface area (Å²) < 4.78 is 29.4. The van der Waals surface area contributed by atoms with Crippen molar-refractivity contribution < 1.29 is 12.8 Å². The molecule has 0 saturated heterocycles. The fourth-order valence-corrected chi connectivity index (χ4v) is 4.49. The quantitative estimate of drug-likeness (QED) is 0.946. The molecule has 1 heterocycles. The van der Waals surface area contributed by atoms with Gasteiger partial charge in [-0.1, -0.05) is 24.6 Å². The summed E-state index contributed by atoms with van der Waals surface area (Å²) in [7, 11) is -2.99. The number of furan rings is 1. The molecular weight excluding hydrogens is 286 g/mol. The summed E-state index contributed by atoms with van der Waals surface area (Å²) in [4.78, 5) is 0. The molecule has 3 atom stereocenters. The number of rotatable bonds is 3. The van der Waals surface area contributed by atoms with Gasteiger partial charge in [-0.05, 0) is 37.3 Å². The van der Waals surface area contributed by atoms with Gasteiger partial charge in [-0.3, -0.25) is 0 Å². The van der Waals surface area contributed by atoms with Crippen LogP contribution in [0.15, 0.2) is 34.7 Å². The van der Waals surface area contributed by atoms with Crippen molar-refractivity contribution in [2.24, 2.45) is 11.7 Å². The maximum Gasteiger partial charge on any atom is 0.150 e. The molecule has 114 valence electrons. The standard InChI is InChI=1S/C16H21NO3S/c1-21(18,19)13-7-4-6-12(9-13)16(17)15-10-11-5-2-3-8-14(11)20-15/h2-3,5,8,10,12-13,16H,4,6-7,9,17H2,1H3. The zero-order chi connectivity index (χ0) is 15.0. The molecule has 1 aromatic heterocycles. The van der Waals surface area contributed by atoms with Gasteiger partial charge in [0, 0.05) is 11.6 Å². The van der Waals surface area contributed by atoms with Gasteiger partial charge >= 0.3 is 0 Å². The first kappa shape index (κ1) is 14.6. The van der Waals surface area contributed by atoms with Gasteiger partial charge < -0.3 is 10.2 Å². The van der Waals surface area contributed by atoms with E-state index in [1.54, 1.807) is 0 Å². The lowest BCUT2D eigenvalue weighted by Gasteiger charge is -2.31. The molecule has 1 aliphatic rings. The zero-order valence-electron chi connectivity index (χ0n) is 12.2. The van der Waals surface area contributed by atoms with E-state index in [0.717, 1.165) is 36.0 Å². The number of fused-ring (bicyclic) bond motifs is 1. The van der Waals surface area contributed by atoms with Crippen molar-refractivity contribution in [2.75, 3.05) is 6.26 Å². The second kappa shape index (κ2) is 5.46. The fourth-order valence-electron chi connectivity index (χ4n) is 3.30. The molecular formula is C16H21NO3S. The monoisotopic (exact) mass is 307 g/mol. The predicted molar refractivity (Wildman–Crippen MR) is 83.7 cm³/mol. The van der Waals surface area contributed by atoms with E-state index >= 15 is 0 Å². The van der Waals surface area contributed by atoms with Crippen molar-refractivity contribution in [1.82, 2.24) is 0 Å². The number of hydrogen-bond acceptors (Lipinski definition) is 4. The number of sulfone groups is 1. The topological polar surface area (TPSA) is 73.3 Å². The van der Waals surface area contributed by atoms with Crippen LogP contribution in [-0.2, 0) is 9.84 Å². The number of benzene rings is 1. The van der Waals surface area contributed by atoms with Gasteiger partial charge in [-0.25, -0.2) is 8.42 Å². The lowest BCUT2D eigenvalue weighted by Crippen LogP contribution is -2.32. The van der Waals surface area contributed by atoms with E-state index in [1.807, 2.05) is 30.3 Å². The van der Waals surface area contributed by atoms with E-state index in [4.69, 9.17) is 10.2 Å². The Bertz CT molecular complexity index is 702. The smallest absolute Gasteiger partial charge is 0.150 e. The average molecular weight is 307 g/mol. The third-order valence-electron chi connectivity index (χ3n) is 4.55. The van der Waals surface area contributed by atoms with Gasteiger partial charge in [-0.15, -0.1) is 0 Å². The van der Waals surface area contributed by atoms with Crippen LogP contribution in [0.1, 0.15) is 37.5 Å².